The molecule has 3 nitrogen and oxygen atoms in total. The molecule has 1 aliphatic heterocycles. The first-order valence-corrected chi connectivity index (χ1v) is 12.2. The summed E-state index contributed by atoms with van der Waals surface area (Å²) in [7, 11) is 0. The van der Waals surface area contributed by atoms with Gasteiger partial charge in [0.25, 0.3) is 0 Å². The van der Waals surface area contributed by atoms with Crippen LogP contribution < -0.4 is 0 Å². The van der Waals surface area contributed by atoms with E-state index in [1.54, 1.807) is 0 Å². The summed E-state index contributed by atoms with van der Waals surface area (Å²) in [6.45, 7) is 9.88. The Labute approximate surface area is 174 Å². The quantitative estimate of drug-likeness (QED) is 0.555. The minimum absolute atomic E-state index is 0.0520. The van der Waals surface area contributed by atoms with Crippen molar-refractivity contribution in [3.63, 3.8) is 0 Å². The Kier molecular flexibility index (Phi) is 2.94. The molecular formula is C26H34O3. The maximum atomic E-state index is 12.3. The lowest BCUT2D eigenvalue weighted by Crippen LogP contribution is -2.58. The van der Waals surface area contributed by atoms with E-state index >= 15 is 0 Å². The topological polar surface area (TPSA) is 43.4 Å². The maximum Gasteiger partial charge on any atom is 0.306 e. The summed E-state index contributed by atoms with van der Waals surface area (Å²) in [5, 5.41) is 0. The highest BCUT2D eigenvalue weighted by molar-refractivity contribution is 5.92. The van der Waals surface area contributed by atoms with Gasteiger partial charge in [-0.1, -0.05) is 33.3 Å². The van der Waals surface area contributed by atoms with Gasteiger partial charge in [-0.25, -0.2) is 0 Å². The molecule has 0 aromatic heterocycles. The molecule has 0 radical (unpaired) electrons. The highest BCUT2D eigenvalue weighted by Crippen LogP contribution is 2.84. The normalized spacial score (nSPS) is 63.7. The number of carbonyl (C=O) groups excluding carboxylic acids is 2. The van der Waals surface area contributed by atoms with E-state index in [1.165, 1.54) is 18.4 Å². The zero-order valence-electron chi connectivity index (χ0n) is 18.2. The summed E-state index contributed by atoms with van der Waals surface area (Å²) < 4.78 is 6.31. The number of ketones is 1. The second kappa shape index (κ2) is 4.86. The van der Waals surface area contributed by atoms with Crippen molar-refractivity contribution >= 4 is 11.8 Å². The van der Waals surface area contributed by atoms with E-state index in [0.29, 0.717) is 41.8 Å². The van der Waals surface area contributed by atoms with Crippen molar-refractivity contribution in [2.75, 3.05) is 0 Å². The van der Waals surface area contributed by atoms with Crippen molar-refractivity contribution < 1.29 is 14.3 Å². The first-order chi connectivity index (χ1) is 13.7. The van der Waals surface area contributed by atoms with Gasteiger partial charge in [-0.2, -0.15) is 0 Å². The molecule has 6 aliphatic carbocycles. The van der Waals surface area contributed by atoms with Crippen molar-refractivity contribution in [2.45, 2.75) is 71.8 Å². The summed E-state index contributed by atoms with van der Waals surface area (Å²) in [5.74, 6) is 6.80. The van der Waals surface area contributed by atoms with Gasteiger partial charge in [-0.15, -0.1) is 0 Å². The first kappa shape index (κ1) is 17.5. The minimum atomic E-state index is -0.170. The highest BCUT2D eigenvalue weighted by Gasteiger charge is 2.83. The molecule has 6 fully saturated rings. The van der Waals surface area contributed by atoms with Crippen LogP contribution in [0.1, 0.15) is 66.2 Å². The molecule has 0 N–H and O–H groups in total. The van der Waals surface area contributed by atoms with Crippen molar-refractivity contribution in [3.05, 3.63) is 11.6 Å². The van der Waals surface area contributed by atoms with Gasteiger partial charge < -0.3 is 4.74 Å². The Morgan fingerprint density at radius 3 is 2.45 bits per heavy atom. The fourth-order valence-electron chi connectivity index (χ4n) is 10.7. The number of hydrogen-bond donors (Lipinski definition) is 0. The highest BCUT2D eigenvalue weighted by atomic mass is 16.6. The van der Waals surface area contributed by atoms with Crippen LogP contribution in [0, 0.1) is 64.1 Å². The SMILES string of the molecule is CC1C2C3=CC(=O)CC[C@]3(C)[C@H]3CC[C@@]4(C)[C@@H](C5C([C@H]5C)[C@@]45CCC(=O)O5)[C@@H]3C12. The lowest BCUT2D eigenvalue weighted by molar-refractivity contribution is -0.180. The van der Waals surface area contributed by atoms with Crippen LogP contribution in [0.15, 0.2) is 11.6 Å². The number of fused-ring (bicyclic) bond motifs is 12. The van der Waals surface area contributed by atoms with E-state index < -0.39 is 0 Å². The molecule has 7 aliphatic rings. The van der Waals surface area contributed by atoms with E-state index in [0.717, 1.165) is 42.9 Å². The molecule has 156 valence electrons. The first-order valence-electron chi connectivity index (χ1n) is 12.2. The number of ether oxygens (including phenoxy) is 1. The van der Waals surface area contributed by atoms with E-state index in [9.17, 15) is 9.59 Å². The molecule has 1 spiro atoms. The van der Waals surface area contributed by atoms with Crippen LogP contribution in [0.3, 0.4) is 0 Å². The Bertz CT molecular complexity index is 888. The van der Waals surface area contributed by atoms with Gasteiger partial charge in [-0.05, 0) is 84.5 Å². The molecule has 5 unspecified atom stereocenters. The molecule has 1 heterocycles. The molecule has 0 aromatic carbocycles. The van der Waals surface area contributed by atoms with Crippen LogP contribution in [0.25, 0.3) is 0 Å². The predicted octanol–water partition coefficient (Wildman–Crippen LogP) is 4.80. The largest absolute Gasteiger partial charge is 0.458 e. The average Bonchev–Trinajstić information content (AvgIpc) is 3.44. The monoisotopic (exact) mass is 394 g/mol. The van der Waals surface area contributed by atoms with Gasteiger partial charge in [0.05, 0.1) is 0 Å². The number of allylic oxidation sites excluding steroid dienone is 1. The zero-order chi connectivity index (χ0) is 20.1. The summed E-state index contributed by atoms with van der Waals surface area (Å²) in [4.78, 5) is 24.6. The summed E-state index contributed by atoms with van der Waals surface area (Å²) >= 11 is 0. The summed E-state index contributed by atoms with van der Waals surface area (Å²) in [6, 6.07) is 0. The van der Waals surface area contributed by atoms with E-state index in [1.807, 2.05) is 0 Å². The third-order valence-corrected chi connectivity index (χ3v) is 11.9. The van der Waals surface area contributed by atoms with Crippen LogP contribution in [0.5, 0.6) is 0 Å². The third-order valence-electron chi connectivity index (χ3n) is 11.9. The molecule has 29 heavy (non-hydrogen) atoms. The average molecular weight is 395 g/mol. The van der Waals surface area contributed by atoms with Crippen molar-refractivity contribution in [3.8, 4) is 0 Å². The van der Waals surface area contributed by atoms with Crippen LogP contribution in [-0.4, -0.2) is 17.4 Å². The van der Waals surface area contributed by atoms with Gasteiger partial charge in [0.2, 0.25) is 0 Å². The minimum Gasteiger partial charge on any atom is -0.458 e. The number of hydrogen-bond acceptors (Lipinski definition) is 3. The fraction of sp³-hybridized carbons (Fsp3) is 0.846. The molecular weight excluding hydrogens is 360 g/mol. The Morgan fingerprint density at radius 2 is 1.72 bits per heavy atom. The predicted molar refractivity (Wildman–Crippen MR) is 109 cm³/mol. The molecule has 12 atom stereocenters. The van der Waals surface area contributed by atoms with E-state index in [4.69, 9.17) is 4.74 Å². The lowest BCUT2D eigenvalue weighted by Gasteiger charge is -2.60. The van der Waals surface area contributed by atoms with Gasteiger partial charge in [0, 0.05) is 24.2 Å². The molecule has 0 aromatic rings. The van der Waals surface area contributed by atoms with Gasteiger partial charge >= 0.3 is 5.97 Å². The summed E-state index contributed by atoms with van der Waals surface area (Å²) in [6.07, 6.45) is 7.91. The molecule has 7 rings (SSSR count). The smallest absolute Gasteiger partial charge is 0.306 e. The van der Waals surface area contributed by atoms with Gasteiger partial charge in [0.15, 0.2) is 5.78 Å². The molecule has 1 saturated heterocycles. The van der Waals surface area contributed by atoms with Crippen LogP contribution in [0.4, 0.5) is 0 Å². The van der Waals surface area contributed by atoms with Crippen LogP contribution in [0.2, 0.25) is 0 Å². The number of esters is 1. The molecule has 5 saturated carbocycles. The van der Waals surface area contributed by atoms with Crippen LogP contribution in [-0.2, 0) is 14.3 Å². The zero-order valence-corrected chi connectivity index (χ0v) is 18.2. The molecule has 3 heteroatoms. The Morgan fingerprint density at radius 1 is 0.931 bits per heavy atom. The second-order valence-electron chi connectivity index (χ2n) is 12.4. The number of carbonyl (C=O) groups is 2. The van der Waals surface area contributed by atoms with Crippen molar-refractivity contribution in [1.29, 1.82) is 0 Å². The Hall–Kier alpha value is -1.12. The third kappa shape index (κ3) is 1.70. The van der Waals surface area contributed by atoms with Crippen molar-refractivity contribution in [1.82, 2.24) is 0 Å². The second-order valence-corrected chi connectivity index (χ2v) is 12.4. The van der Waals surface area contributed by atoms with Gasteiger partial charge in [-0.3, -0.25) is 9.59 Å². The standard InChI is InChI=1S/C26H34O3/c1-12-18-16-11-14(27)5-8-24(16,3)15-6-9-25(4)23(21(15)19(12)18)20-13(2)22(20)26(25)10-7-17(28)29-26/h11-13,15,18-23H,5-10H2,1-4H3/t12?,13-,15-,18?,19?,20?,21-,22?,23-,24+,25-,26-/m0/s1. The molecule has 0 amide bonds. The Balaban J connectivity index is 1.36. The lowest BCUT2D eigenvalue weighted by atomic mass is 9.45. The molecule has 0 bridgehead atoms. The number of rotatable bonds is 0. The van der Waals surface area contributed by atoms with Crippen molar-refractivity contribution in [2.24, 2.45) is 64.1 Å². The van der Waals surface area contributed by atoms with E-state index in [-0.39, 0.29) is 22.4 Å². The van der Waals surface area contributed by atoms with Gasteiger partial charge in [0.1, 0.15) is 5.60 Å². The summed E-state index contributed by atoms with van der Waals surface area (Å²) in [5.41, 5.74) is 1.74. The van der Waals surface area contributed by atoms with Crippen LogP contribution >= 0.6 is 0 Å². The fourth-order valence-corrected chi connectivity index (χ4v) is 10.7. The maximum absolute atomic E-state index is 12.3. The van der Waals surface area contributed by atoms with E-state index in [2.05, 4.69) is 33.8 Å².